The highest BCUT2D eigenvalue weighted by Crippen LogP contribution is 2.36. The first kappa shape index (κ1) is 11.7. The average molecular weight is 251 g/mol. The van der Waals surface area contributed by atoms with E-state index < -0.39 is 0 Å². The largest absolute Gasteiger partial charge is 0.493 e. The molecule has 0 fully saturated rings. The fraction of sp³-hybridized carbons (Fsp3) is 0.250. The first-order valence-electron chi connectivity index (χ1n) is 5.04. The van der Waals surface area contributed by atoms with Crippen LogP contribution in [0.1, 0.15) is 11.8 Å². The monoisotopic (exact) mass is 251 g/mol. The van der Waals surface area contributed by atoms with Gasteiger partial charge in [0.05, 0.1) is 24.8 Å². The summed E-state index contributed by atoms with van der Waals surface area (Å²) in [5, 5.41) is 13.0. The number of hydrogen-bond donors (Lipinski definition) is 1. The highest BCUT2D eigenvalue weighted by molar-refractivity contribution is 7.20. The zero-order chi connectivity index (χ0) is 12.4. The Morgan fingerprint density at radius 3 is 2.41 bits per heavy atom. The topological polar surface area (TPSA) is 51.0 Å². The van der Waals surface area contributed by atoms with Gasteiger partial charge in [0, 0.05) is 10.8 Å². The predicted octanol–water partition coefficient (Wildman–Crippen LogP) is 3.12. The molecule has 4 nitrogen and oxygen atoms in total. The van der Waals surface area contributed by atoms with Crippen LogP contribution in [-0.4, -0.2) is 25.1 Å². The van der Waals surface area contributed by atoms with Crippen LogP contribution in [-0.2, 0) is 0 Å². The quantitative estimate of drug-likeness (QED) is 0.518. The smallest absolute Gasteiger partial charge is 0.162 e. The predicted molar refractivity (Wildman–Crippen MR) is 68.9 cm³/mol. The maximum absolute atomic E-state index is 8.76. The Morgan fingerprint density at radius 2 is 1.82 bits per heavy atom. The van der Waals surface area contributed by atoms with Gasteiger partial charge in [-0.3, -0.25) is 0 Å². The number of rotatable bonds is 3. The standard InChI is InChI=1S/C12H13NO3S/c1-7(13-14)11-5-8-4-9(15-2)10(16-3)6-12(8)17-11/h4-6,14H,1-3H3. The lowest BCUT2D eigenvalue weighted by atomic mass is 10.2. The number of methoxy groups -OCH3 is 2. The van der Waals surface area contributed by atoms with Crippen molar-refractivity contribution in [2.24, 2.45) is 5.16 Å². The van der Waals surface area contributed by atoms with Gasteiger partial charge in [-0.25, -0.2) is 0 Å². The Balaban J connectivity index is 2.61. The van der Waals surface area contributed by atoms with Crippen LogP contribution in [0.5, 0.6) is 11.5 Å². The van der Waals surface area contributed by atoms with Gasteiger partial charge in [0.15, 0.2) is 11.5 Å². The second-order valence-corrected chi connectivity index (χ2v) is 4.62. The molecule has 5 heteroatoms. The van der Waals surface area contributed by atoms with Crippen LogP contribution < -0.4 is 9.47 Å². The van der Waals surface area contributed by atoms with Gasteiger partial charge in [0.2, 0.25) is 0 Å². The molecule has 2 rings (SSSR count). The lowest BCUT2D eigenvalue weighted by Crippen LogP contribution is -1.89. The molecule has 1 aromatic heterocycles. The molecule has 0 atom stereocenters. The minimum Gasteiger partial charge on any atom is -0.493 e. The van der Waals surface area contributed by atoms with Gasteiger partial charge in [-0.2, -0.15) is 0 Å². The molecule has 0 saturated carbocycles. The summed E-state index contributed by atoms with van der Waals surface area (Å²) in [6.07, 6.45) is 0. The molecular weight excluding hydrogens is 238 g/mol. The van der Waals surface area contributed by atoms with E-state index in [9.17, 15) is 0 Å². The van der Waals surface area contributed by atoms with Gasteiger partial charge in [0.25, 0.3) is 0 Å². The minimum atomic E-state index is 0.601. The number of fused-ring (bicyclic) bond motifs is 1. The SMILES string of the molecule is COc1cc2cc(C(C)=NO)sc2cc1OC. The lowest BCUT2D eigenvalue weighted by Gasteiger charge is -2.06. The van der Waals surface area contributed by atoms with Crippen molar-refractivity contribution in [1.29, 1.82) is 0 Å². The van der Waals surface area contributed by atoms with Gasteiger partial charge in [-0.1, -0.05) is 5.16 Å². The van der Waals surface area contributed by atoms with Crippen molar-refractivity contribution in [1.82, 2.24) is 0 Å². The zero-order valence-corrected chi connectivity index (χ0v) is 10.7. The van der Waals surface area contributed by atoms with E-state index in [0.717, 1.165) is 15.0 Å². The summed E-state index contributed by atoms with van der Waals surface area (Å²) in [5.74, 6) is 1.40. The van der Waals surface area contributed by atoms with Gasteiger partial charge in [-0.15, -0.1) is 11.3 Å². The van der Waals surface area contributed by atoms with Crippen LogP contribution in [0.2, 0.25) is 0 Å². The highest BCUT2D eigenvalue weighted by atomic mass is 32.1. The van der Waals surface area contributed by atoms with Crippen molar-refractivity contribution < 1.29 is 14.7 Å². The second-order valence-electron chi connectivity index (χ2n) is 3.54. The Bertz CT molecular complexity index is 533. The number of oxime groups is 1. The molecule has 0 aliphatic rings. The summed E-state index contributed by atoms with van der Waals surface area (Å²) in [7, 11) is 3.22. The summed E-state index contributed by atoms with van der Waals surface area (Å²) in [6.45, 7) is 1.76. The number of benzene rings is 1. The number of hydrogen-bond acceptors (Lipinski definition) is 5. The summed E-state index contributed by atoms with van der Waals surface area (Å²) in [5.41, 5.74) is 0.601. The highest BCUT2D eigenvalue weighted by Gasteiger charge is 2.10. The molecule has 0 aliphatic heterocycles. The first-order valence-corrected chi connectivity index (χ1v) is 5.86. The summed E-state index contributed by atoms with van der Waals surface area (Å²) >= 11 is 1.55. The molecule has 0 aliphatic carbocycles. The van der Waals surface area contributed by atoms with E-state index in [2.05, 4.69) is 5.16 Å². The number of ether oxygens (including phenoxy) is 2. The van der Waals surface area contributed by atoms with Crippen LogP contribution in [0.25, 0.3) is 10.1 Å². The Hall–Kier alpha value is -1.75. The summed E-state index contributed by atoms with van der Waals surface area (Å²) in [6, 6.07) is 5.81. The molecule has 0 unspecified atom stereocenters. The molecule has 0 amide bonds. The molecule has 1 heterocycles. The first-order chi connectivity index (χ1) is 8.19. The summed E-state index contributed by atoms with van der Waals surface area (Å²) in [4.78, 5) is 0.929. The molecule has 90 valence electrons. The Labute approximate surface area is 103 Å². The third kappa shape index (κ3) is 2.06. The van der Waals surface area contributed by atoms with E-state index in [1.807, 2.05) is 18.2 Å². The van der Waals surface area contributed by atoms with Crippen LogP contribution in [0.3, 0.4) is 0 Å². The van der Waals surface area contributed by atoms with E-state index in [1.54, 1.807) is 32.5 Å². The van der Waals surface area contributed by atoms with Gasteiger partial charge in [-0.05, 0) is 24.4 Å². The average Bonchev–Trinajstić information content (AvgIpc) is 2.78. The summed E-state index contributed by atoms with van der Waals surface area (Å²) < 4.78 is 11.6. The van der Waals surface area contributed by atoms with Gasteiger partial charge < -0.3 is 14.7 Å². The van der Waals surface area contributed by atoms with Crippen molar-refractivity contribution in [3.63, 3.8) is 0 Å². The molecule has 2 aromatic rings. The van der Waals surface area contributed by atoms with Crippen molar-refractivity contribution in [3.8, 4) is 11.5 Å². The maximum atomic E-state index is 8.76. The van der Waals surface area contributed by atoms with Crippen molar-refractivity contribution in [2.75, 3.05) is 14.2 Å². The molecule has 17 heavy (non-hydrogen) atoms. The molecule has 1 aromatic carbocycles. The molecule has 1 N–H and O–H groups in total. The molecule has 0 saturated heterocycles. The van der Waals surface area contributed by atoms with E-state index in [-0.39, 0.29) is 0 Å². The van der Waals surface area contributed by atoms with Gasteiger partial charge >= 0.3 is 0 Å². The van der Waals surface area contributed by atoms with Crippen LogP contribution in [0.4, 0.5) is 0 Å². The van der Waals surface area contributed by atoms with Crippen LogP contribution >= 0.6 is 11.3 Å². The number of nitrogens with zero attached hydrogens (tertiary/aromatic N) is 1. The van der Waals surface area contributed by atoms with E-state index in [1.165, 1.54) is 0 Å². The van der Waals surface area contributed by atoms with Crippen molar-refractivity contribution in [3.05, 3.63) is 23.1 Å². The van der Waals surface area contributed by atoms with Crippen LogP contribution in [0, 0.1) is 0 Å². The fourth-order valence-corrected chi connectivity index (χ4v) is 2.61. The zero-order valence-electron chi connectivity index (χ0n) is 9.85. The van der Waals surface area contributed by atoms with Crippen molar-refractivity contribution in [2.45, 2.75) is 6.92 Å². The van der Waals surface area contributed by atoms with E-state index >= 15 is 0 Å². The third-order valence-electron chi connectivity index (χ3n) is 2.53. The van der Waals surface area contributed by atoms with E-state index in [4.69, 9.17) is 14.7 Å². The lowest BCUT2D eigenvalue weighted by molar-refractivity contribution is 0.319. The van der Waals surface area contributed by atoms with Gasteiger partial charge in [0.1, 0.15) is 0 Å². The molecule has 0 spiro atoms. The second kappa shape index (κ2) is 4.63. The Kier molecular flexibility index (Phi) is 3.19. The molecular formula is C12H13NO3S. The van der Waals surface area contributed by atoms with E-state index in [0.29, 0.717) is 17.2 Å². The maximum Gasteiger partial charge on any atom is 0.162 e. The molecule has 0 radical (unpaired) electrons. The Morgan fingerprint density at radius 1 is 1.18 bits per heavy atom. The minimum absolute atomic E-state index is 0.601. The molecule has 0 bridgehead atoms. The number of thiophene rings is 1. The fourth-order valence-electron chi connectivity index (χ4n) is 1.59. The normalized spacial score (nSPS) is 11.8. The van der Waals surface area contributed by atoms with Crippen LogP contribution in [0.15, 0.2) is 23.4 Å². The third-order valence-corrected chi connectivity index (χ3v) is 3.74. The van der Waals surface area contributed by atoms with Crippen molar-refractivity contribution >= 4 is 27.1 Å².